The minimum absolute atomic E-state index is 0.0169. The first kappa shape index (κ1) is 15.8. The second-order valence-corrected chi connectivity index (χ2v) is 7.51. The molecule has 0 N–H and O–H groups in total. The van der Waals surface area contributed by atoms with E-state index in [2.05, 4.69) is 4.98 Å². The Kier molecular flexibility index (Phi) is 3.14. The van der Waals surface area contributed by atoms with Crippen molar-refractivity contribution < 1.29 is 19.4 Å². The van der Waals surface area contributed by atoms with Crippen molar-refractivity contribution in [1.29, 1.82) is 0 Å². The number of nitrogens with zero attached hydrogens (tertiary/aromatic N) is 1. The molecule has 21 heavy (non-hydrogen) atoms. The fourth-order valence-corrected chi connectivity index (χ4v) is 2.51. The molecule has 116 valence electrons. The van der Waals surface area contributed by atoms with Gasteiger partial charge >= 0.3 is 10.2 Å². The molecule has 0 atom stereocenters. The normalized spacial score (nSPS) is 15.6. The Morgan fingerprint density at radius 2 is 1.52 bits per heavy atom. The number of pyridine rings is 1. The van der Waals surface area contributed by atoms with Gasteiger partial charge in [-0.05, 0) is 30.2 Å². The van der Waals surface area contributed by atoms with Gasteiger partial charge in [-0.2, -0.15) is 0 Å². The minimum Gasteiger partial charge on any atom is -0.253 e. The Hall–Kier alpha value is -1.63. The molecule has 1 aromatic heterocycles. The van der Waals surface area contributed by atoms with Crippen LogP contribution >= 0.6 is 10.2 Å². The standard InChI is InChI=1S/C14H14F5NS/c1-10(2)13-7-4-8-14(20-13)11-5-3-6-12(9-11)21(15,16,17,18)19/h3-10H,1-2H3. The summed E-state index contributed by atoms with van der Waals surface area (Å²) in [6, 6.07) is 8.01. The first-order valence-electron chi connectivity index (χ1n) is 6.18. The molecule has 0 spiro atoms. The van der Waals surface area contributed by atoms with Gasteiger partial charge in [0.05, 0.1) is 5.69 Å². The van der Waals surface area contributed by atoms with Crippen LogP contribution in [0.1, 0.15) is 25.5 Å². The first-order valence-corrected chi connectivity index (χ1v) is 8.13. The van der Waals surface area contributed by atoms with Crippen molar-refractivity contribution in [2.75, 3.05) is 0 Å². The monoisotopic (exact) mass is 323 g/mol. The van der Waals surface area contributed by atoms with Crippen molar-refractivity contribution in [1.82, 2.24) is 4.98 Å². The van der Waals surface area contributed by atoms with Gasteiger partial charge in [0.1, 0.15) is 4.90 Å². The number of hydrogen-bond donors (Lipinski definition) is 0. The molecule has 2 rings (SSSR count). The molecule has 1 nitrogen and oxygen atoms in total. The Morgan fingerprint density at radius 3 is 2.10 bits per heavy atom. The molecule has 1 heterocycles. The quantitative estimate of drug-likeness (QED) is 0.585. The second kappa shape index (κ2) is 4.19. The number of benzene rings is 1. The summed E-state index contributed by atoms with van der Waals surface area (Å²) in [5.74, 6) is 0.0868. The molecule has 0 bridgehead atoms. The fraction of sp³-hybridized carbons (Fsp3) is 0.214. The van der Waals surface area contributed by atoms with Crippen LogP contribution in [0, 0.1) is 0 Å². The van der Waals surface area contributed by atoms with Crippen LogP contribution in [0.25, 0.3) is 11.3 Å². The first-order chi connectivity index (χ1) is 9.36. The lowest BCUT2D eigenvalue weighted by Crippen LogP contribution is -2.06. The summed E-state index contributed by atoms with van der Waals surface area (Å²) in [5.41, 5.74) is 0.943. The highest BCUT2D eigenvalue weighted by Crippen LogP contribution is 3.02. The summed E-state index contributed by atoms with van der Waals surface area (Å²) < 4.78 is 64.2. The van der Waals surface area contributed by atoms with Crippen molar-refractivity contribution in [2.45, 2.75) is 24.7 Å². The van der Waals surface area contributed by atoms with Crippen LogP contribution in [-0.2, 0) is 0 Å². The van der Waals surface area contributed by atoms with E-state index in [9.17, 15) is 19.4 Å². The van der Waals surface area contributed by atoms with Crippen molar-refractivity contribution in [3.8, 4) is 11.3 Å². The van der Waals surface area contributed by atoms with Crippen LogP contribution < -0.4 is 0 Å². The molecule has 0 saturated heterocycles. The zero-order valence-electron chi connectivity index (χ0n) is 11.4. The maximum atomic E-state index is 12.8. The van der Waals surface area contributed by atoms with Crippen LogP contribution in [0.5, 0.6) is 0 Å². The Bertz CT molecular complexity index is 679. The zero-order valence-corrected chi connectivity index (χ0v) is 12.2. The molecule has 0 fully saturated rings. The molecule has 0 unspecified atom stereocenters. The molecule has 0 aliphatic heterocycles. The van der Waals surface area contributed by atoms with Gasteiger partial charge in [-0.25, -0.2) is 0 Å². The van der Waals surface area contributed by atoms with Crippen molar-refractivity contribution in [3.05, 3.63) is 48.2 Å². The topological polar surface area (TPSA) is 12.9 Å². The Morgan fingerprint density at radius 1 is 0.905 bits per heavy atom. The van der Waals surface area contributed by atoms with Crippen molar-refractivity contribution >= 4 is 10.2 Å². The smallest absolute Gasteiger partial charge is 0.253 e. The van der Waals surface area contributed by atoms with Crippen LogP contribution in [0.15, 0.2) is 47.4 Å². The highest BCUT2D eigenvalue weighted by molar-refractivity contribution is 8.45. The molecule has 1 aromatic carbocycles. The summed E-state index contributed by atoms with van der Waals surface area (Å²) >= 11 is 0. The van der Waals surface area contributed by atoms with E-state index >= 15 is 0 Å². The molecule has 0 aliphatic rings. The van der Waals surface area contributed by atoms with Gasteiger partial charge in [0.2, 0.25) is 0 Å². The van der Waals surface area contributed by atoms with Crippen LogP contribution in [0.3, 0.4) is 0 Å². The molecule has 0 radical (unpaired) electrons. The largest absolute Gasteiger partial charge is 0.310 e. The van der Waals surface area contributed by atoms with E-state index in [0.717, 1.165) is 6.07 Å². The Balaban J connectivity index is 2.56. The third-order valence-corrected chi connectivity index (χ3v) is 4.08. The zero-order chi connectivity index (χ0) is 16.0. The van der Waals surface area contributed by atoms with Gasteiger partial charge < -0.3 is 0 Å². The van der Waals surface area contributed by atoms with E-state index < -0.39 is 15.1 Å². The Labute approximate surface area is 119 Å². The number of rotatable bonds is 3. The van der Waals surface area contributed by atoms with E-state index in [1.54, 1.807) is 12.1 Å². The highest BCUT2D eigenvalue weighted by atomic mass is 32.5. The third-order valence-electron chi connectivity index (χ3n) is 2.94. The van der Waals surface area contributed by atoms with Gasteiger partial charge in [-0.15, -0.1) is 0 Å². The SMILES string of the molecule is CC(C)c1cccc(-c2cccc(S(F)(F)(F)(F)F)c2)n1. The van der Waals surface area contributed by atoms with Crippen LogP contribution in [0.4, 0.5) is 19.4 Å². The van der Waals surface area contributed by atoms with Gasteiger partial charge in [0.15, 0.2) is 0 Å². The number of halogens is 5. The van der Waals surface area contributed by atoms with E-state index in [-0.39, 0.29) is 17.2 Å². The minimum atomic E-state index is -9.67. The average Bonchev–Trinajstić information content (AvgIpc) is 2.36. The van der Waals surface area contributed by atoms with Crippen LogP contribution in [0.2, 0.25) is 0 Å². The van der Waals surface area contributed by atoms with Gasteiger partial charge in [-0.3, -0.25) is 4.98 Å². The fourth-order valence-electron chi connectivity index (χ4n) is 1.83. The van der Waals surface area contributed by atoms with E-state index in [1.165, 1.54) is 12.1 Å². The lowest BCUT2D eigenvalue weighted by molar-refractivity contribution is 0.364. The summed E-state index contributed by atoms with van der Waals surface area (Å²) in [4.78, 5) is 2.31. The molecular weight excluding hydrogens is 309 g/mol. The molecule has 0 aliphatic carbocycles. The summed E-state index contributed by atoms with van der Waals surface area (Å²) in [5, 5.41) is 0. The third kappa shape index (κ3) is 3.72. The summed E-state index contributed by atoms with van der Waals surface area (Å²) in [6.07, 6.45) is 0. The molecule has 0 amide bonds. The molecule has 0 saturated carbocycles. The number of hydrogen-bond acceptors (Lipinski definition) is 1. The highest BCUT2D eigenvalue weighted by Gasteiger charge is 2.65. The maximum absolute atomic E-state index is 12.8. The lowest BCUT2D eigenvalue weighted by atomic mass is 10.1. The molecular formula is C14H14F5NS. The maximum Gasteiger partial charge on any atom is 0.310 e. The number of aromatic nitrogens is 1. The van der Waals surface area contributed by atoms with Gasteiger partial charge in [0.25, 0.3) is 0 Å². The van der Waals surface area contributed by atoms with Gasteiger partial charge in [-0.1, -0.05) is 51.5 Å². The van der Waals surface area contributed by atoms with Gasteiger partial charge in [0, 0.05) is 11.3 Å². The summed E-state index contributed by atoms with van der Waals surface area (Å²) in [6.45, 7) is 3.77. The predicted molar refractivity (Wildman–Crippen MR) is 75.2 cm³/mol. The predicted octanol–water partition coefficient (Wildman–Crippen LogP) is 6.53. The van der Waals surface area contributed by atoms with E-state index in [1.807, 2.05) is 13.8 Å². The van der Waals surface area contributed by atoms with E-state index in [4.69, 9.17) is 0 Å². The van der Waals surface area contributed by atoms with Crippen molar-refractivity contribution in [3.63, 3.8) is 0 Å². The lowest BCUT2D eigenvalue weighted by Gasteiger charge is -2.40. The van der Waals surface area contributed by atoms with Crippen LogP contribution in [-0.4, -0.2) is 4.98 Å². The molecule has 2 aromatic rings. The summed E-state index contributed by atoms with van der Waals surface area (Å²) in [7, 11) is -9.67. The van der Waals surface area contributed by atoms with E-state index in [0.29, 0.717) is 17.8 Å². The molecule has 7 heteroatoms. The van der Waals surface area contributed by atoms with Crippen molar-refractivity contribution in [2.24, 2.45) is 0 Å². The second-order valence-electron chi connectivity index (χ2n) is 5.10. The average molecular weight is 323 g/mol.